The van der Waals surface area contributed by atoms with E-state index in [4.69, 9.17) is 11.6 Å². The summed E-state index contributed by atoms with van der Waals surface area (Å²) in [6, 6.07) is 5.72. The molecule has 1 fully saturated rings. The zero-order valence-corrected chi connectivity index (χ0v) is 24.9. The molecule has 1 aromatic carbocycles. The van der Waals surface area contributed by atoms with Crippen LogP contribution in [0.25, 0.3) is 0 Å². The quantitative estimate of drug-likeness (QED) is 0.206. The molecule has 1 saturated heterocycles. The Morgan fingerprint density at radius 3 is 2.27 bits per heavy atom. The number of hydrogen-bond donors (Lipinski definition) is 3. The molecule has 0 spiro atoms. The second-order valence-electron chi connectivity index (χ2n) is 10.6. The predicted molar refractivity (Wildman–Crippen MR) is 153 cm³/mol. The number of nitrogens with zero attached hydrogens (tertiary/aromatic N) is 1. The summed E-state index contributed by atoms with van der Waals surface area (Å²) in [5.74, 6) is -2.99. The van der Waals surface area contributed by atoms with Gasteiger partial charge in [0.15, 0.2) is 5.78 Å². The Labute approximate surface area is 246 Å². The molecule has 0 saturated carbocycles. The summed E-state index contributed by atoms with van der Waals surface area (Å²) in [5, 5.41) is 8.07. The van der Waals surface area contributed by atoms with E-state index in [-0.39, 0.29) is 36.8 Å². The number of rotatable bonds is 15. The van der Waals surface area contributed by atoms with Crippen LogP contribution in [-0.2, 0) is 39.9 Å². The molecule has 2 rings (SSSR count). The maximum Gasteiger partial charge on any atom is 0.306 e. The molecule has 226 valence electrons. The normalized spacial score (nSPS) is 16.8. The fourth-order valence-corrected chi connectivity index (χ4v) is 4.86. The summed E-state index contributed by atoms with van der Waals surface area (Å²) < 4.78 is 4.54. The molecular weight excluding hydrogens is 552 g/mol. The monoisotopic (exact) mass is 592 g/mol. The van der Waals surface area contributed by atoms with Crippen LogP contribution in [0.2, 0.25) is 0 Å². The van der Waals surface area contributed by atoms with Crippen molar-refractivity contribution in [3.05, 3.63) is 35.9 Å². The van der Waals surface area contributed by atoms with E-state index in [1.54, 1.807) is 0 Å². The number of carbonyl (C=O) groups excluding carboxylic acids is 6. The lowest BCUT2D eigenvalue weighted by Gasteiger charge is -2.29. The Balaban J connectivity index is 2.04. The lowest BCUT2D eigenvalue weighted by molar-refractivity contribution is -0.142. The molecule has 1 aliphatic heterocycles. The first kappa shape index (κ1) is 33.7. The molecular formula is C29H41ClN4O7. The van der Waals surface area contributed by atoms with E-state index >= 15 is 0 Å². The van der Waals surface area contributed by atoms with E-state index in [1.165, 1.54) is 18.9 Å². The van der Waals surface area contributed by atoms with E-state index in [2.05, 4.69) is 20.7 Å². The van der Waals surface area contributed by atoms with Gasteiger partial charge >= 0.3 is 5.97 Å². The molecule has 3 N–H and O–H groups in total. The van der Waals surface area contributed by atoms with Gasteiger partial charge in [0.05, 0.1) is 25.5 Å². The minimum atomic E-state index is -0.970. The number of hydrogen-bond acceptors (Lipinski definition) is 7. The van der Waals surface area contributed by atoms with E-state index < -0.39 is 53.8 Å². The Kier molecular flexibility index (Phi) is 13.8. The highest BCUT2D eigenvalue weighted by molar-refractivity contribution is 6.28. The average Bonchev–Trinajstić information content (AvgIpc) is 3.44. The number of amides is 4. The average molecular weight is 593 g/mol. The second-order valence-corrected chi connectivity index (χ2v) is 10.9. The van der Waals surface area contributed by atoms with Crippen molar-refractivity contribution in [1.29, 1.82) is 0 Å². The molecule has 0 unspecified atom stereocenters. The van der Waals surface area contributed by atoms with Gasteiger partial charge in [-0.1, -0.05) is 44.2 Å². The summed E-state index contributed by atoms with van der Waals surface area (Å²) in [4.78, 5) is 77.2. The van der Waals surface area contributed by atoms with Crippen molar-refractivity contribution in [1.82, 2.24) is 20.9 Å². The maximum absolute atomic E-state index is 13.3. The third-order valence-electron chi connectivity index (χ3n) is 6.83. The highest BCUT2D eigenvalue weighted by Crippen LogP contribution is 2.19. The smallest absolute Gasteiger partial charge is 0.306 e. The number of methoxy groups -OCH3 is 1. The lowest BCUT2D eigenvalue weighted by atomic mass is 10.0. The molecule has 1 heterocycles. The third kappa shape index (κ3) is 10.8. The molecule has 0 radical (unpaired) electrons. The van der Waals surface area contributed by atoms with Gasteiger partial charge in [-0.15, -0.1) is 11.6 Å². The van der Waals surface area contributed by atoms with Crippen molar-refractivity contribution >= 4 is 47.0 Å². The number of halogens is 1. The van der Waals surface area contributed by atoms with Crippen LogP contribution in [0, 0.1) is 5.92 Å². The number of alkyl halides is 1. The van der Waals surface area contributed by atoms with Gasteiger partial charge in [-0.25, -0.2) is 0 Å². The Bertz CT molecular complexity index is 1080. The van der Waals surface area contributed by atoms with Crippen LogP contribution in [0.15, 0.2) is 30.3 Å². The van der Waals surface area contributed by atoms with Crippen LogP contribution in [0.4, 0.5) is 0 Å². The minimum Gasteiger partial charge on any atom is -0.469 e. The first-order valence-corrected chi connectivity index (χ1v) is 14.4. The number of ketones is 1. The van der Waals surface area contributed by atoms with Gasteiger partial charge in [0, 0.05) is 13.0 Å². The largest absolute Gasteiger partial charge is 0.469 e. The summed E-state index contributed by atoms with van der Waals surface area (Å²) in [6.45, 7) is 5.63. The first-order valence-electron chi connectivity index (χ1n) is 13.9. The predicted octanol–water partition coefficient (Wildman–Crippen LogP) is 1.50. The highest BCUT2D eigenvalue weighted by Gasteiger charge is 2.38. The molecule has 1 aromatic rings. The van der Waals surface area contributed by atoms with Gasteiger partial charge in [-0.2, -0.15) is 0 Å². The number of benzene rings is 1. The lowest BCUT2D eigenvalue weighted by Crippen LogP contribution is -2.57. The zero-order chi connectivity index (χ0) is 30.5. The Morgan fingerprint density at radius 2 is 1.66 bits per heavy atom. The number of nitrogens with one attached hydrogen (secondary N) is 3. The molecule has 0 bridgehead atoms. The Morgan fingerprint density at radius 1 is 0.976 bits per heavy atom. The fraction of sp³-hybridized carbons (Fsp3) is 0.586. The summed E-state index contributed by atoms with van der Waals surface area (Å²) in [6.07, 6.45) is 1.34. The van der Waals surface area contributed by atoms with Crippen LogP contribution < -0.4 is 16.0 Å². The van der Waals surface area contributed by atoms with Crippen LogP contribution in [0.3, 0.4) is 0 Å². The van der Waals surface area contributed by atoms with E-state index in [9.17, 15) is 28.8 Å². The van der Waals surface area contributed by atoms with Gasteiger partial charge in [0.2, 0.25) is 23.6 Å². The van der Waals surface area contributed by atoms with Crippen LogP contribution in [0.1, 0.15) is 58.4 Å². The highest BCUT2D eigenvalue weighted by atomic mass is 35.5. The number of ether oxygens (including phenoxy) is 1. The molecule has 11 nitrogen and oxygen atoms in total. The summed E-state index contributed by atoms with van der Waals surface area (Å²) in [5.41, 5.74) is 0.861. The Hall–Kier alpha value is -3.47. The van der Waals surface area contributed by atoms with Crippen molar-refractivity contribution in [2.45, 2.75) is 83.5 Å². The molecule has 4 atom stereocenters. The molecule has 0 aliphatic carbocycles. The van der Waals surface area contributed by atoms with E-state index in [1.807, 2.05) is 44.2 Å². The molecule has 1 aliphatic rings. The van der Waals surface area contributed by atoms with Crippen molar-refractivity contribution in [3.63, 3.8) is 0 Å². The SMILES string of the molecule is COC(=O)CCC(=O)N[C@@H](CC(C)C)C(=O)N[C@@H](C)C(=O)N1CCC[C@H]1C(=O)N[C@@H](Cc1ccccc1)C(=O)CCl. The third-order valence-corrected chi connectivity index (χ3v) is 7.09. The van der Waals surface area contributed by atoms with Gasteiger partial charge in [0.25, 0.3) is 0 Å². The van der Waals surface area contributed by atoms with Gasteiger partial charge in [-0.3, -0.25) is 28.8 Å². The number of Topliss-reactive ketones (excluding diaryl/α,β-unsaturated/α-hetero) is 1. The van der Waals surface area contributed by atoms with Crippen LogP contribution >= 0.6 is 11.6 Å². The zero-order valence-electron chi connectivity index (χ0n) is 24.1. The van der Waals surface area contributed by atoms with E-state index in [0.717, 1.165) is 5.56 Å². The molecule has 0 aromatic heterocycles. The van der Waals surface area contributed by atoms with Crippen LogP contribution in [-0.4, -0.2) is 84.0 Å². The summed E-state index contributed by atoms with van der Waals surface area (Å²) >= 11 is 5.80. The first-order chi connectivity index (χ1) is 19.5. The molecule has 41 heavy (non-hydrogen) atoms. The van der Waals surface area contributed by atoms with Crippen LogP contribution in [0.5, 0.6) is 0 Å². The number of likely N-dealkylation sites (tertiary alicyclic amines) is 1. The fourth-order valence-electron chi connectivity index (χ4n) is 4.67. The van der Waals surface area contributed by atoms with Gasteiger partial charge in [-0.05, 0) is 44.1 Å². The maximum atomic E-state index is 13.3. The minimum absolute atomic E-state index is 0.0591. The molecule has 12 heteroatoms. The number of carbonyl (C=O) groups is 6. The second kappa shape index (κ2) is 16.7. The van der Waals surface area contributed by atoms with Gasteiger partial charge in [0.1, 0.15) is 18.1 Å². The summed E-state index contributed by atoms with van der Waals surface area (Å²) in [7, 11) is 1.23. The topological polar surface area (TPSA) is 151 Å². The van der Waals surface area contributed by atoms with Crippen molar-refractivity contribution < 1.29 is 33.5 Å². The van der Waals surface area contributed by atoms with Gasteiger partial charge < -0.3 is 25.6 Å². The molecule has 4 amide bonds. The van der Waals surface area contributed by atoms with E-state index in [0.29, 0.717) is 25.8 Å². The van der Waals surface area contributed by atoms with Crippen molar-refractivity contribution in [3.8, 4) is 0 Å². The van der Waals surface area contributed by atoms with Crippen molar-refractivity contribution in [2.75, 3.05) is 19.5 Å². The number of esters is 1. The standard InChI is InChI=1S/C29H41ClN4O7/c1-18(2)15-22(32-25(36)12-13-26(37)41-4)27(38)31-19(3)29(40)34-14-8-11-23(34)28(39)33-21(24(35)17-30)16-20-9-6-5-7-10-20/h5-7,9-10,18-19,21-23H,8,11-17H2,1-4H3,(H,31,38)(H,32,36)(H,33,39)/t19-,21-,22-,23-/m0/s1. The van der Waals surface area contributed by atoms with Crippen molar-refractivity contribution in [2.24, 2.45) is 5.92 Å².